The molecule has 1 nitrogen and oxygen atoms in total. The van der Waals surface area contributed by atoms with Gasteiger partial charge in [0.1, 0.15) is 0 Å². The van der Waals surface area contributed by atoms with Gasteiger partial charge in [0.25, 0.3) is 0 Å². The van der Waals surface area contributed by atoms with E-state index in [1.54, 1.807) is 0 Å². The maximum atomic E-state index is 3.74. The first kappa shape index (κ1) is 14.6. The van der Waals surface area contributed by atoms with Crippen molar-refractivity contribution in [3.8, 4) is 0 Å². The molecule has 0 spiro atoms. The number of aryl methyl sites for hydroxylation is 1. The highest BCUT2D eigenvalue weighted by Crippen LogP contribution is 2.60. The molecule has 0 bridgehead atoms. The Morgan fingerprint density at radius 2 is 1.63 bits per heavy atom. The maximum absolute atomic E-state index is 3.74. The van der Waals surface area contributed by atoms with Crippen molar-refractivity contribution in [3.05, 3.63) is 35.4 Å². The lowest BCUT2D eigenvalue weighted by atomic mass is 9.46. The summed E-state index contributed by atoms with van der Waals surface area (Å²) in [5.74, 6) is 1.45. The van der Waals surface area contributed by atoms with Crippen molar-refractivity contribution in [2.75, 3.05) is 6.54 Å². The third kappa shape index (κ3) is 2.23. The largest absolute Gasteiger partial charge is 0.313 e. The van der Waals surface area contributed by atoms with Gasteiger partial charge in [0.15, 0.2) is 0 Å². The second kappa shape index (κ2) is 5.66. The van der Waals surface area contributed by atoms with Gasteiger partial charge in [-0.3, -0.25) is 0 Å². The molecule has 1 heteroatoms. The molecule has 3 unspecified atom stereocenters. The second-order valence-corrected chi connectivity index (χ2v) is 6.22. The highest BCUT2D eigenvalue weighted by Gasteiger charge is 2.57. The third-order valence-corrected chi connectivity index (χ3v) is 5.47. The van der Waals surface area contributed by atoms with Crippen LogP contribution in [0.25, 0.3) is 0 Å². The van der Waals surface area contributed by atoms with E-state index in [4.69, 9.17) is 0 Å². The molecule has 0 aliphatic heterocycles. The van der Waals surface area contributed by atoms with Crippen molar-refractivity contribution in [1.29, 1.82) is 0 Å². The zero-order valence-corrected chi connectivity index (χ0v) is 13.2. The zero-order valence-electron chi connectivity index (χ0n) is 13.2. The second-order valence-electron chi connectivity index (χ2n) is 6.22. The number of benzene rings is 1. The zero-order chi connectivity index (χ0) is 14.0. The predicted molar refractivity (Wildman–Crippen MR) is 83.6 cm³/mol. The normalized spacial score (nSPS) is 29.0. The predicted octanol–water partition coefficient (Wildman–Crippen LogP) is 4.51. The third-order valence-electron chi connectivity index (χ3n) is 5.47. The average Bonchev–Trinajstić information content (AvgIpc) is 2.43. The van der Waals surface area contributed by atoms with Crippen LogP contribution in [0.5, 0.6) is 0 Å². The van der Waals surface area contributed by atoms with Crippen molar-refractivity contribution in [2.45, 2.75) is 59.4 Å². The molecule has 0 aromatic heterocycles. The van der Waals surface area contributed by atoms with Gasteiger partial charge >= 0.3 is 0 Å². The summed E-state index contributed by atoms with van der Waals surface area (Å²) in [5, 5.41) is 3.74. The van der Waals surface area contributed by atoms with Crippen LogP contribution in [0, 0.1) is 18.3 Å². The standard InChI is InChI=1S/C18H29N/c1-6-18(7-2)16(14(5)17(18)19-8-3)15-11-9-13(4)10-12-15/h9-12,14,16-17,19H,6-8H2,1-5H3. The first-order valence-electron chi connectivity index (χ1n) is 7.90. The van der Waals surface area contributed by atoms with Gasteiger partial charge in [0.05, 0.1) is 0 Å². The summed E-state index contributed by atoms with van der Waals surface area (Å²) in [6.45, 7) is 12.6. The fourth-order valence-corrected chi connectivity index (χ4v) is 4.46. The van der Waals surface area contributed by atoms with Crippen LogP contribution in [-0.2, 0) is 0 Å². The fourth-order valence-electron chi connectivity index (χ4n) is 4.46. The lowest BCUT2D eigenvalue weighted by molar-refractivity contribution is -0.0386. The van der Waals surface area contributed by atoms with Crippen molar-refractivity contribution < 1.29 is 0 Å². The van der Waals surface area contributed by atoms with Crippen LogP contribution in [0.2, 0.25) is 0 Å². The molecule has 1 aromatic carbocycles. The van der Waals surface area contributed by atoms with Crippen LogP contribution in [0.15, 0.2) is 24.3 Å². The molecule has 0 saturated heterocycles. The van der Waals surface area contributed by atoms with E-state index in [-0.39, 0.29) is 0 Å². The molecule has 0 amide bonds. The Kier molecular flexibility index (Phi) is 4.35. The first-order chi connectivity index (χ1) is 9.10. The smallest absolute Gasteiger partial charge is 0.0161 e. The maximum Gasteiger partial charge on any atom is 0.0161 e. The minimum atomic E-state index is 0.449. The molecule has 19 heavy (non-hydrogen) atoms. The Morgan fingerprint density at radius 1 is 1.05 bits per heavy atom. The molecule has 1 saturated carbocycles. The minimum absolute atomic E-state index is 0.449. The quantitative estimate of drug-likeness (QED) is 0.820. The Labute approximate surface area is 118 Å². The van der Waals surface area contributed by atoms with Gasteiger partial charge in [-0.1, -0.05) is 57.5 Å². The molecule has 1 fully saturated rings. The summed E-state index contributed by atoms with van der Waals surface area (Å²) in [6.07, 6.45) is 2.54. The lowest BCUT2D eigenvalue weighted by Gasteiger charge is -2.61. The van der Waals surface area contributed by atoms with E-state index in [0.717, 1.165) is 12.5 Å². The van der Waals surface area contributed by atoms with Crippen LogP contribution in [0.4, 0.5) is 0 Å². The van der Waals surface area contributed by atoms with Gasteiger partial charge in [0.2, 0.25) is 0 Å². The summed E-state index contributed by atoms with van der Waals surface area (Å²) in [5.41, 5.74) is 3.35. The van der Waals surface area contributed by atoms with Crippen LogP contribution in [0.1, 0.15) is 57.6 Å². The Hall–Kier alpha value is -0.820. The monoisotopic (exact) mass is 259 g/mol. The average molecular weight is 259 g/mol. The SMILES string of the molecule is CCNC1C(C)C(c2ccc(C)cc2)C1(CC)CC. The molecule has 3 atom stereocenters. The summed E-state index contributed by atoms with van der Waals surface area (Å²) in [7, 11) is 0. The molecule has 1 aliphatic rings. The van der Waals surface area contributed by atoms with Gasteiger partial charge in [-0.2, -0.15) is 0 Å². The van der Waals surface area contributed by atoms with Crippen LogP contribution in [-0.4, -0.2) is 12.6 Å². The molecule has 0 radical (unpaired) electrons. The van der Waals surface area contributed by atoms with Crippen molar-refractivity contribution >= 4 is 0 Å². The van der Waals surface area contributed by atoms with Crippen molar-refractivity contribution in [3.63, 3.8) is 0 Å². The topological polar surface area (TPSA) is 12.0 Å². The highest BCUT2D eigenvalue weighted by atomic mass is 15.0. The first-order valence-corrected chi connectivity index (χ1v) is 7.90. The molecular weight excluding hydrogens is 230 g/mol. The number of hydrogen-bond donors (Lipinski definition) is 1. The van der Waals surface area contributed by atoms with E-state index >= 15 is 0 Å². The van der Waals surface area contributed by atoms with Crippen LogP contribution < -0.4 is 5.32 Å². The van der Waals surface area contributed by atoms with Gasteiger partial charge in [0, 0.05) is 6.04 Å². The van der Waals surface area contributed by atoms with Gasteiger partial charge in [-0.15, -0.1) is 0 Å². The van der Waals surface area contributed by atoms with E-state index in [1.165, 1.54) is 24.0 Å². The molecule has 1 aromatic rings. The van der Waals surface area contributed by atoms with Crippen LogP contribution >= 0.6 is 0 Å². The Bertz CT molecular complexity index is 402. The van der Waals surface area contributed by atoms with Gasteiger partial charge in [-0.25, -0.2) is 0 Å². The van der Waals surface area contributed by atoms with E-state index < -0.39 is 0 Å². The fraction of sp³-hybridized carbons (Fsp3) is 0.667. The van der Waals surface area contributed by atoms with Crippen molar-refractivity contribution in [2.24, 2.45) is 11.3 Å². The minimum Gasteiger partial charge on any atom is -0.313 e. The highest BCUT2D eigenvalue weighted by molar-refractivity contribution is 5.32. The number of nitrogens with one attached hydrogen (secondary N) is 1. The van der Waals surface area contributed by atoms with E-state index in [1.807, 2.05) is 0 Å². The number of rotatable bonds is 5. The summed E-state index contributed by atoms with van der Waals surface area (Å²) in [4.78, 5) is 0. The van der Waals surface area contributed by atoms with E-state index in [0.29, 0.717) is 17.4 Å². The number of hydrogen-bond acceptors (Lipinski definition) is 1. The molecule has 1 N–H and O–H groups in total. The van der Waals surface area contributed by atoms with Crippen molar-refractivity contribution in [1.82, 2.24) is 5.32 Å². The Balaban J connectivity index is 2.31. The van der Waals surface area contributed by atoms with Gasteiger partial charge < -0.3 is 5.32 Å². The molecular formula is C18H29N. The Morgan fingerprint density at radius 3 is 2.11 bits per heavy atom. The van der Waals surface area contributed by atoms with E-state index in [2.05, 4.69) is 64.2 Å². The van der Waals surface area contributed by atoms with Gasteiger partial charge in [-0.05, 0) is 49.1 Å². The summed E-state index contributed by atoms with van der Waals surface area (Å²) < 4.78 is 0. The molecule has 0 heterocycles. The summed E-state index contributed by atoms with van der Waals surface area (Å²) >= 11 is 0. The van der Waals surface area contributed by atoms with Crippen LogP contribution in [0.3, 0.4) is 0 Å². The lowest BCUT2D eigenvalue weighted by Crippen LogP contribution is -2.63. The molecule has 1 aliphatic carbocycles. The summed E-state index contributed by atoms with van der Waals surface area (Å²) in [6, 6.07) is 9.90. The van der Waals surface area contributed by atoms with E-state index in [9.17, 15) is 0 Å². The molecule has 2 rings (SSSR count). The molecule has 106 valence electrons.